The van der Waals surface area contributed by atoms with Gasteiger partial charge in [-0.05, 0) is 39.3 Å². The van der Waals surface area contributed by atoms with Gasteiger partial charge in [-0.1, -0.05) is 0 Å². The van der Waals surface area contributed by atoms with Crippen LogP contribution in [0, 0.1) is 0 Å². The van der Waals surface area contributed by atoms with Crippen LogP contribution in [0.5, 0.6) is 0 Å². The fraction of sp³-hybridized carbons (Fsp3) is 0.733. The van der Waals surface area contributed by atoms with E-state index < -0.39 is 0 Å². The second kappa shape index (κ2) is 7.44. The Morgan fingerprint density at radius 1 is 1.36 bits per heavy atom. The van der Waals surface area contributed by atoms with Crippen molar-refractivity contribution < 1.29 is 9.53 Å². The molecule has 1 aromatic rings. The van der Waals surface area contributed by atoms with E-state index in [1.807, 2.05) is 35.7 Å². The van der Waals surface area contributed by atoms with E-state index in [0.29, 0.717) is 24.9 Å². The topological polar surface area (TPSA) is 59.4 Å². The van der Waals surface area contributed by atoms with E-state index in [0.717, 1.165) is 25.9 Å². The molecule has 7 heteroatoms. The van der Waals surface area contributed by atoms with Crippen molar-refractivity contribution in [3.05, 3.63) is 18.0 Å². The first-order valence-electron chi connectivity index (χ1n) is 7.83. The Labute approximate surface area is 137 Å². The minimum absolute atomic E-state index is 0. The number of rotatable bonds is 2. The minimum atomic E-state index is 0. The van der Waals surface area contributed by atoms with E-state index in [1.165, 1.54) is 0 Å². The van der Waals surface area contributed by atoms with Crippen LogP contribution in [-0.2, 0) is 4.74 Å². The van der Waals surface area contributed by atoms with Crippen molar-refractivity contribution in [2.24, 2.45) is 0 Å². The lowest BCUT2D eigenvalue weighted by Gasteiger charge is -2.38. The molecule has 0 radical (unpaired) electrons. The summed E-state index contributed by atoms with van der Waals surface area (Å²) in [5, 5.41) is 7.90. The molecule has 22 heavy (non-hydrogen) atoms. The van der Waals surface area contributed by atoms with Gasteiger partial charge in [0.1, 0.15) is 5.69 Å². The van der Waals surface area contributed by atoms with Crippen molar-refractivity contribution in [3.8, 4) is 0 Å². The van der Waals surface area contributed by atoms with Gasteiger partial charge in [-0.2, -0.15) is 5.10 Å². The van der Waals surface area contributed by atoms with Gasteiger partial charge < -0.3 is 15.0 Å². The van der Waals surface area contributed by atoms with Gasteiger partial charge in [0.25, 0.3) is 5.91 Å². The predicted molar refractivity (Wildman–Crippen MR) is 86.5 cm³/mol. The Balaban J connectivity index is 0.00000176. The van der Waals surface area contributed by atoms with Gasteiger partial charge >= 0.3 is 0 Å². The number of morpholine rings is 1. The number of nitrogens with one attached hydrogen (secondary N) is 1. The Bertz CT molecular complexity index is 491. The molecule has 1 amide bonds. The van der Waals surface area contributed by atoms with Crippen LogP contribution >= 0.6 is 12.4 Å². The summed E-state index contributed by atoms with van der Waals surface area (Å²) in [6.45, 7) is 7.25. The van der Waals surface area contributed by atoms with Crippen molar-refractivity contribution in [2.75, 3.05) is 26.3 Å². The first-order chi connectivity index (χ1) is 10.2. The first-order valence-corrected chi connectivity index (χ1v) is 7.83. The third-order valence-electron chi connectivity index (χ3n) is 4.37. The number of amides is 1. The third-order valence-corrected chi connectivity index (χ3v) is 4.37. The van der Waals surface area contributed by atoms with Crippen molar-refractivity contribution in [1.29, 1.82) is 0 Å². The van der Waals surface area contributed by atoms with Crippen LogP contribution in [0.1, 0.15) is 43.2 Å². The molecule has 1 N–H and O–H groups in total. The standard InChI is InChI=1S/C15H24N4O2.ClH/c1-11-9-21-10-12(2)19(11)15(20)14-5-7-18(17-14)13-4-3-6-16-8-13;/h5,7,11-13,16H,3-4,6,8-10H2,1-2H3;1H. The summed E-state index contributed by atoms with van der Waals surface area (Å²) in [6, 6.07) is 2.40. The van der Waals surface area contributed by atoms with E-state index in [9.17, 15) is 4.79 Å². The smallest absolute Gasteiger partial charge is 0.274 e. The van der Waals surface area contributed by atoms with E-state index >= 15 is 0 Å². The number of nitrogens with zero attached hydrogens (tertiary/aromatic N) is 3. The molecule has 2 aliphatic rings. The predicted octanol–water partition coefficient (Wildman–Crippen LogP) is 1.48. The van der Waals surface area contributed by atoms with Crippen LogP contribution < -0.4 is 5.32 Å². The van der Waals surface area contributed by atoms with Gasteiger partial charge in [0.05, 0.1) is 31.3 Å². The average Bonchev–Trinajstić information content (AvgIpc) is 2.97. The molecule has 6 nitrogen and oxygen atoms in total. The summed E-state index contributed by atoms with van der Waals surface area (Å²) in [5.41, 5.74) is 0.543. The van der Waals surface area contributed by atoms with Crippen LogP contribution in [0.4, 0.5) is 0 Å². The van der Waals surface area contributed by atoms with E-state index in [4.69, 9.17) is 4.74 Å². The second-order valence-electron chi connectivity index (χ2n) is 6.13. The van der Waals surface area contributed by atoms with Gasteiger partial charge in [-0.15, -0.1) is 12.4 Å². The second-order valence-corrected chi connectivity index (χ2v) is 6.13. The molecule has 0 bridgehead atoms. The number of halogens is 1. The molecular weight excluding hydrogens is 304 g/mol. The Hall–Kier alpha value is -1.11. The molecule has 2 saturated heterocycles. The maximum absolute atomic E-state index is 12.7. The molecule has 3 heterocycles. The molecule has 3 atom stereocenters. The van der Waals surface area contributed by atoms with Gasteiger partial charge in [0, 0.05) is 12.7 Å². The summed E-state index contributed by atoms with van der Waals surface area (Å²) < 4.78 is 7.42. The van der Waals surface area contributed by atoms with Crippen molar-refractivity contribution in [1.82, 2.24) is 20.0 Å². The lowest BCUT2D eigenvalue weighted by molar-refractivity contribution is -0.0252. The largest absolute Gasteiger partial charge is 0.377 e. The number of hydrogen-bond donors (Lipinski definition) is 1. The molecular formula is C15H25ClN4O2. The Morgan fingerprint density at radius 2 is 2.09 bits per heavy atom. The Morgan fingerprint density at radius 3 is 2.73 bits per heavy atom. The van der Waals surface area contributed by atoms with Crippen LogP contribution in [0.25, 0.3) is 0 Å². The lowest BCUT2D eigenvalue weighted by atomic mass is 10.1. The minimum Gasteiger partial charge on any atom is -0.377 e. The zero-order valence-corrected chi connectivity index (χ0v) is 14.0. The molecule has 3 unspecified atom stereocenters. The van der Waals surface area contributed by atoms with Crippen LogP contribution in [0.2, 0.25) is 0 Å². The molecule has 2 fully saturated rings. The van der Waals surface area contributed by atoms with Gasteiger partial charge in [-0.3, -0.25) is 9.48 Å². The van der Waals surface area contributed by atoms with Gasteiger partial charge in [0.15, 0.2) is 0 Å². The average molecular weight is 329 g/mol. The molecule has 1 aromatic heterocycles. The number of carbonyl (C=O) groups excluding carboxylic acids is 1. The zero-order valence-electron chi connectivity index (χ0n) is 13.2. The molecule has 0 spiro atoms. The van der Waals surface area contributed by atoms with Gasteiger partial charge in [0.2, 0.25) is 0 Å². The maximum Gasteiger partial charge on any atom is 0.274 e. The molecule has 0 saturated carbocycles. The quantitative estimate of drug-likeness (QED) is 0.893. The molecule has 3 rings (SSSR count). The Kier molecular flexibility index (Phi) is 5.83. The number of hydrogen-bond acceptors (Lipinski definition) is 4. The monoisotopic (exact) mass is 328 g/mol. The number of aromatic nitrogens is 2. The number of carbonyl (C=O) groups is 1. The van der Waals surface area contributed by atoms with E-state index in [2.05, 4.69) is 10.4 Å². The van der Waals surface area contributed by atoms with E-state index in [-0.39, 0.29) is 30.4 Å². The number of ether oxygens (including phenoxy) is 1. The van der Waals surface area contributed by atoms with Crippen LogP contribution in [0.3, 0.4) is 0 Å². The van der Waals surface area contributed by atoms with Crippen molar-refractivity contribution >= 4 is 18.3 Å². The highest BCUT2D eigenvalue weighted by molar-refractivity contribution is 5.92. The SMILES string of the molecule is CC1COCC(C)N1C(=O)c1ccn(C2CCCNC2)n1.Cl. The van der Waals surface area contributed by atoms with Gasteiger partial charge in [-0.25, -0.2) is 0 Å². The van der Waals surface area contributed by atoms with Crippen LogP contribution in [-0.4, -0.2) is 59.0 Å². The summed E-state index contributed by atoms with van der Waals surface area (Å²) in [4.78, 5) is 14.6. The highest BCUT2D eigenvalue weighted by Gasteiger charge is 2.31. The maximum atomic E-state index is 12.7. The first kappa shape index (κ1) is 17.2. The summed E-state index contributed by atoms with van der Waals surface area (Å²) in [6.07, 6.45) is 4.21. The fourth-order valence-electron chi connectivity index (χ4n) is 3.25. The lowest BCUT2D eigenvalue weighted by Crippen LogP contribution is -2.52. The fourth-order valence-corrected chi connectivity index (χ4v) is 3.25. The van der Waals surface area contributed by atoms with Crippen LogP contribution in [0.15, 0.2) is 12.3 Å². The molecule has 0 aliphatic carbocycles. The van der Waals surface area contributed by atoms with Crippen molar-refractivity contribution in [2.45, 2.75) is 44.8 Å². The van der Waals surface area contributed by atoms with Crippen molar-refractivity contribution in [3.63, 3.8) is 0 Å². The summed E-state index contributed by atoms with van der Waals surface area (Å²) in [5.74, 6) is 0.0146. The third kappa shape index (κ3) is 3.45. The molecule has 2 aliphatic heterocycles. The highest BCUT2D eigenvalue weighted by atomic mass is 35.5. The summed E-state index contributed by atoms with van der Waals surface area (Å²) in [7, 11) is 0. The zero-order chi connectivity index (χ0) is 14.8. The summed E-state index contributed by atoms with van der Waals surface area (Å²) >= 11 is 0. The normalized spacial score (nSPS) is 29.0. The van der Waals surface area contributed by atoms with E-state index in [1.54, 1.807) is 0 Å². The highest BCUT2D eigenvalue weighted by Crippen LogP contribution is 2.19. The molecule has 124 valence electrons. The number of piperidine rings is 1. The molecule has 0 aromatic carbocycles.